The predicted molar refractivity (Wildman–Crippen MR) is 51.5 cm³/mol. The Morgan fingerprint density at radius 2 is 2.46 bits per heavy atom. The van der Waals surface area contributed by atoms with Crippen LogP contribution in [0.2, 0.25) is 0 Å². The molecule has 1 rings (SSSR count). The third-order valence-corrected chi connectivity index (χ3v) is 2.05. The fourth-order valence-corrected chi connectivity index (χ4v) is 1.26. The Hall–Kier alpha value is -0.870. The van der Waals surface area contributed by atoms with Gasteiger partial charge in [0.1, 0.15) is 0 Å². The molecule has 4 heteroatoms. The monoisotopic (exact) mass is 183 g/mol. The smallest absolute Gasteiger partial charge is 0.0946 e. The SMILES string of the molecule is CCOCC(NC)c1cncn1C. The second-order valence-corrected chi connectivity index (χ2v) is 2.93. The number of hydrogen-bond donors (Lipinski definition) is 1. The zero-order valence-electron chi connectivity index (χ0n) is 8.45. The Bertz CT molecular complexity index is 247. The van der Waals surface area contributed by atoms with E-state index in [-0.39, 0.29) is 6.04 Å². The third-order valence-electron chi connectivity index (χ3n) is 2.05. The summed E-state index contributed by atoms with van der Waals surface area (Å²) in [6.07, 6.45) is 3.66. The van der Waals surface area contributed by atoms with Gasteiger partial charge in [-0.1, -0.05) is 0 Å². The summed E-state index contributed by atoms with van der Waals surface area (Å²) in [6.45, 7) is 3.43. The van der Waals surface area contributed by atoms with E-state index in [1.165, 1.54) is 0 Å². The number of likely N-dealkylation sites (N-methyl/N-ethyl adjacent to an activating group) is 1. The lowest BCUT2D eigenvalue weighted by atomic mass is 10.2. The van der Waals surface area contributed by atoms with Crippen LogP contribution in [0.1, 0.15) is 18.7 Å². The molecule has 1 heterocycles. The molecule has 0 bridgehead atoms. The molecule has 0 saturated heterocycles. The van der Waals surface area contributed by atoms with Crippen LogP contribution in [-0.2, 0) is 11.8 Å². The van der Waals surface area contributed by atoms with Crippen molar-refractivity contribution in [2.45, 2.75) is 13.0 Å². The summed E-state index contributed by atoms with van der Waals surface area (Å²) in [6, 6.07) is 0.229. The van der Waals surface area contributed by atoms with Gasteiger partial charge in [-0.25, -0.2) is 4.98 Å². The summed E-state index contributed by atoms with van der Waals surface area (Å²) in [7, 11) is 3.91. The molecule has 74 valence electrons. The predicted octanol–water partition coefficient (Wildman–Crippen LogP) is 0.717. The van der Waals surface area contributed by atoms with E-state index in [0.717, 1.165) is 12.3 Å². The molecule has 1 N–H and O–H groups in total. The van der Waals surface area contributed by atoms with Gasteiger partial charge in [0.25, 0.3) is 0 Å². The highest BCUT2D eigenvalue weighted by Gasteiger charge is 2.11. The van der Waals surface area contributed by atoms with Crippen molar-refractivity contribution in [3.05, 3.63) is 18.2 Å². The van der Waals surface area contributed by atoms with Gasteiger partial charge in [0, 0.05) is 19.9 Å². The Balaban J connectivity index is 2.61. The minimum Gasteiger partial charge on any atom is -0.380 e. The molecule has 0 amide bonds. The first-order valence-corrected chi connectivity index (χ1v) is 4.50. The first kappa shape index (κ1) is 10.2. The summed E-state index contributed by atoms with van der Waals surface area (Å²) in [5.74, 6) is 0. The summed E-state index contributed by atoms with van der Waals surface area (Å²) in [4.78, 5) is 4.07. The molecule has 0 spiro atoms. The molecular formula is C9H17N3O. The van der Waals surface area contributed by atoms with Crippen LogP contribution in [0.4, 0.5) is 0 Å². The average molecular weight is 183 g/mol. The van der Waals surface area contributed by atoms with Crippen LogP contribution >= 0.6 is 0 Å². The van der Waals surface area contributed by atoms with Gasteiger partial charge in [-0.3, -0.25) is 0 Å². The van der Waals surface area contributed by atoms with Crippen LogP contribution in [0, 0.1) is 0 Å². The molecule has 0 aliphatic carbocycles. The number of imidazole rings is 1. The second kappa shape index (κ2) is 4.99. The number of nitrogens with zero attached hydrogens (tertiary/aromatic N) is 2. The number of ether oxygens (including phenoxy) is 1. The van der Waals surface area contributed by atoms with Gasteiger partial charge in [0.05, 0.1) is 24.7 Å². The number of nitrogens with one attached hydrogen (secondary N) is 1. The van der Waals surface area contributed by atoms with Gasteiger partial charge in [-0.05, 0) is 14.0 Å². The van der Waals surface area contributed by atoms with Gasteiger partial charge in [-0.2, -0.15) is 0 Å². The van der Waals surface area contributed by atoms with Gasteiger partial charge in [0.15, 0.2) is 0 Å². The van der Waals surface area contributed by atoms with Gasteiger partial charge in [-0.15, -0.1) is 0 Å². The van der Waals surface area contributed by atoms with Crippen molar-refractivity contribution in [3.8, 4) is 0 Å². The third kappa shape index (κ3) is 2.54. The molecule has 1 atom stereocenters. The maximum Gasteiger partial charge on any atom is 0.0946 e. The zero-order chi connectivity index (χ0) is 9.68. The minimum absolute atomic E-state index is 0.229. The molecule has 0 saturated carbocycles. The normalized spacial score (nSPS) is 13.2. The first-order chi connectivity index (χ1) is 6.29. The van der Waals surface area contributed by atoms with Crippen LogP contribution in [0.3, 0.4) is 0 Å². The second-order valence-electron chi connectivity index (χ2n) is 2.93. The highest BCUT2D eigenvalue weighted by molar-refractivity contribution is 5.04. The van der Waals surface area contributed by atoms with Gasteiger partial charge >= 0.3 is 0 Å². The molecule has 1 aromatic rings. The fraction of sp³-hybridized carbons (Fsp3) is 0.667. The Morgan fingerprint density at radius 1 is 1.69 bits per heavy atom. The molecule has 0 aliphatic rings. The van der Waals surface area contributed by atoms with Gasteiger partial charge in [0.2, 0.25) is 0 Å². The van der Waals surface area contributed by atoms with E-state index in [2.05, 4.69) is 10.3 Å². The fourth-order valence-electron chi connectivity index (χ4n) is 1.26. The van der Waals surface area contributed by atoms with Crippen molar-refractivity contribution in [2.75, 3.05) is 20.3 Å². The van der Waals surface area contributed by atoms with E-state index in [1.54, 1.807) is 6.33 Å². The van der Waals surface area contributed by atoms with E-state index < -0.39 is 0 Å². The van der Waals surface area contributed by atoms with E-state index in [1.807, 2.05) is 31.8 Å². The maximum absolute atomic E-state index is 5.36. The molecule has 13 heavy (non-hydrogen) atoms. The lowest BCUT2D eigenvalue weighted by molar-refractivity contribution is 0.123. The summed E-state index contributed by atoms with van der Waals surface area (Å²) in [5.41, 5.74) is 1.15. The quantitative estimate of drug-likeness (QED) is 0.731. The molecule has 1 unspecified atom stereocenters. The Labute approximate surface area is 78.9 Å². The van der Waals surface area contributed by atoms with Crippen LogP contribution in [-0.4, -0.2) is 29.8 Å². The molecule has 4 nitrogen and oxygen atoms in total. The maximum atomic E-state index is 5.36. The highest BCUT2D eigenvalue weighted by Crippen LogP contribution is 2.10. The number of aromatic nitrogens is 2. The number of rotatable bonds is 5. The lowest BCUT2D eigenvalue weighted by Crippen LogP contribution is -2.23. The van der Waals surface area contributed by atoms with Crippen molar-refractivity contribution in [1.29, 1.82) is 0 Å². The summed E-state index contributed by atoms with van der Waals surface area (Å²) < 4.78 is 7.36. The molecule has 0 aliphatic heterocycles. The van der Waals surface area contributed by atoms with Crippen LogP contribution < -0.4 is 5.32 Å². The molecule has 0 radical (unpaired) electrons. The molecule has 0 fully saturated rings. The van der Waals surface area contributed by atoms with E-state index >= 15 is 0 Å². The van der Waals surface area contributed by atoms with E-state index in [9.17, 15) is 0 Å². The van der Waals surface area contributed by atoms with Crippen LogP contribution in [0.25, 0.3) is 0 Å². The molecular weight excluding hydrogens is 166 g/mol. The Morgan fingerprint density at radius 3 is 2.92 bits per heavy atom. The number of aryl methyl sites for hydroxylation is 1. The van der Waals surface area contributed by atoms with Crippen LogP contribution in [0.5, 0.6) is 0 Å². The lowest BCUT2D eigenvalue weighted by Gasteiger charge is -2.15. The molecule has 0 aromatic carbocycles. The highest BCUT2D eigenvalue weighted by atomic mass is 16.5. The summed E-state index contributed by atoms with van der Waals surface area (Å²) >= 11 is 0. The Kier molecular flexibility index (Phi) is 3.92. The molecule has 1 aromatic heterocycles. The number of hydrogen-bond acceptors (Lipinski definition) is 3. The van der Waals surface area contributed by atoms with Crippen molar-refractivity contribution >= 4 is 0 Å². The van der Waals surface area contributed by atoms with E-state index in [0.29, 0.717) is 6.61 Å². The minimum atomic E-state index is 0.229. The van der Waals surface area contributed by atoms with Crippen molar-refractivity contribution in [2.24, 2.45) is 7.05 Å². The van der Waals surface area contributed by atoms with Crippen molar-refractivity contribution in [1.82, 2.24) is 14.9 Å². The van der Waals surface area contributed by atoms with Crippen molar-refractivity contribution in [3.63, 3.8) is 0 Å². The van der Waals surface area contributed by atoms with Crippen molar-refractivity contribution < 1.29 is 4.74 Å². The largest absolute Gasteiger partial charge is 0.380 e. The summed E-state index contributed by atoms with van der Waals surface area (Å²) in [5, 5.41) is 3.19. The topological polar surface area (TPSA) is 39.1 Å². The van der Waals surface area contributed by atoms with E-state index in [4.69, 9.17) is 4.74 Å². The standard InChI is InChI=1S/C9H17N3O/c1-4-13-6-8(10-2)9-5-11-7-12(9)3/h5,7-8,10H,4,6H2,1-3H3. The van der Waals surface area contributed by atoms with Gasteiger partial charge < -0.3 is 14.6 Å². The zero-order valence-corrected chi connectivity index (χ0v) is 8.45. The van der Waals surface area contributed by atoms with Crippen LogP contribution in [0.15, 0.2) is 12.5 Å². The average Bonchev–Trinajstić information content (AvgIpc) is 2.54. The first-order valence-electron chi connectivity index (χ1n) is 4.50.